The van der Waals surface area contributed by atoms with Gasteiger partial charge in [0.2, 0.25) is 0 Å². The summed E-state index contributed by atoms with van der Waals surface area (Å²) in [5, 5.41) is 0. The monoisotopic (exact) mass is 301 g/mol. The topological polar surface area (TPSA) is 39.2 Å². The number of aryl methyl sites for hydroxylation is 1. The van der Waals surface area contributed by atoms with Crippen LogP contribution < -0.4 is 4.74 Å². The summed E-state index contributed by atoms with van der Waals surface area (Å²) in [5.74, 6) is 1.78. The van der Waals surface area contributed by atoms with Gasteiger partial charge >= 0.3 is 0 Å². The fourth-order valence-corrected chi connectivity index (χ4v) is 3.08. The third-order valence-electron chi connectivity index (χ3n) is 3.39. The van der Waals surface area contributed by atoms with Crippen molar-refractivity contribution in [3.05, 3.63) is 52.8 Å². The van der Waals surface area contributed by atoms with Crippen molar-refractivity contribution in [1.82, 2.24) is 4.98 Å². The summed E-state index contributed by atoms with van der Waals surface area (Å²) in [6, 6.07) is 7.67. The van der Waals surface area contributed by atoms with Crippen LogP contribution in [0.5, 0.6) is 5.75 Å². The number of nitrogens with zero attached hydrogens (tertiary/aromatic N) is 1. The van der Waals surface area contributed by atoms with Gasteiger partial charge in [-0.15, -0.1) is 11.8 Å². The number of rotatable bonds is 5. The summed E-state index contributed by atoms with van der Waals surface area (Å²) in [5.41, 5.74) is 3.91. The maximum Gasteiger partial charge on any atom is 0.159 e. The van der Waals surface area contributed by atoms with Gasteiger partial charge in [0.05, 0.1) is 12.8 Å². The molecule has 2 aromatic rings. The summed E-state index contributed by atoms with van der Waals surface area (Å²) < 4.78 is 5.42. The smallest absolute Gasteiger partial charge is 0.159 e. The van der Waals surface area contributed by atoms with E-state index in [0.717, 1.165) is 38.8 Å². The molecule has 0 N–H and O–H groups in total. The Morgan fingerprint density at radius 2 is 1.90 bits per heavy atom. The summed E-state index contributed by atoms with van der Waals surface area (Å²) in [4.78, 5) is 16.9. The highest BCUT2D eigenvalue weighted by Gasteiger charge is 2.09. The van der Waals surface area contributed by atoms with Gasteiger partial charge in [0.15, 0.2) is 5.78 Å². The van der Waals surface area contributed by atoms with Gasteiger partial charge in [-0.2, -0.15) is 0 Å². The molecule has 0 bridgehead atoms. The molecular formula is C17H19NO2S. The molecule has 110 valence electrons. The van der Waals surface area contributed by atoms with E-state index in [4.69, 9.17) is 4.74 Å². The standard InChI is InChI=1S/C17H19NO2S/c1-11-9-18-16(12(2)17(11)20-4)10-21-15-7-5-14(6-8-15)13(3)19/h5-9H,10H2,1-4H3. The molecule has 2 rings (SSSR count). The normalized spacial score (nSPS) is 10.5. The Bertz CT molecular complexity index is 651. The van der Waals surface area contributed by atoms with Crippen molar-refractivity contribution in [3.63, 3.8) is 0 Å². The number of hydrogen-bond donors (Lipinski definition) is 0. The van der Waals surface area contributed by atoms with Gasteiger partial charge in [-0.05, 0) is 32.9 Å². The van der Waals surface area contributed by atoms with Gasteiger partial charge in [-0.25, -0.2) is 0 Å². The summed E-state index contributed by atoms with van der Waals surface area (Å²) in [6.07, 6.45) is 1.85. The highest BCUT2D eigenvalue weighted by Crippen LogP contribution is 2.29. The first kappa shape index (κ1) is 15.6. The SMILES string of the molecule is COc1c(C)cnc(CSc2ccc(C(C)=O)cc2)c1C. The van der Waals surface area contributed by atoms with Crippen LogP contribution in [0.25, 0.3) is 0 Å². The first-order valence-corrected chi connectivity index (χ1v) is 7.74. The minimum Gasteiger partial charge on any atom is -0.496 e. The second-order valence-electron chi connectivity index (χ2n) is 4.92. The van der Waals surface area contributed by atoms with Crippen LogP contribution in [0, 0.1) is 13.8 Å². The summed E-state index contributed by atoms with van der Waals surface area (Å²) >= 11 is 1.70. The Kier molecular flexibility index (Phi) is 5.02. The van der Waals surface area contributed by atoms with Gasteiger partial charge in [0.1, 0.15) is 5.75 Å². The average Bonchev–Trinajstić information content (AvgIpc) is 2.47. The van der Waals surface area contributed by atoms with Gasteiger partial charge in [0, 0.05) is 33.5 Å². The molecule has 0 unspecified atom stereocenters. The lowest BCUT2D eigenvalue weighted by atomic mass is 10.1. The van der Waals surface area contributed by atoms with Crippen molar-refractivity contribution >= 4 is 17.5 Å². The minimum absolute atomic E-state index is 0.0901. The van der Waals surface area contributed by atoms with Gasteiger partial charge in [0.25, 0.3) is 0 Å². The van der Waals surface area contributed by atoms with E-state index in [1.807, 2.05) is 44.3 Å². The molecule has 3 nitrogen and oxygen atoms in total. The van der Waals surface area contributed by atoms with Crippen LogP contribution in [0.4, 0.5) is 0 Å². The van der Waals surface area contributed by atoms with Gasteiger partial charge < -0.3 is 4.74 Å². The van der Waals surface area contributed by atoms with E-state index < -0.39 is 0 Å². The number of hydrogen-bond acceptors (Lipinski definition) is 4. The van der Waals surface area contributed by atoms with Crippen LogP contribution in [0.2, 0.25) is 0 Å². The van der Waals surface area contributed by atoms with Gasteiger partial charge in [-0.1, -0.05) is 12.1 Å². The molecule has 0 saturated carbocycles. The predicted octanol–water partition coefficient (Wildman–Crippen LogP) is 4.20. The highest BCUT2D eigenvalue weighted by molar-refractivity contribution is 7.98. The third-order valence-corrected chi connectivity index (χ3v) is 4.41. The van der Waals surface area contributed by atoms with Crippen molar-refractivity contribution in [2.45, 2.75) is 31.4 Å². The van der Waals surface area contributed by atoms with E-state index in [2.05, 4.69) is 4.98 Å². The quantitative estimate of drug-likeness (QED) is 0.613. The molecule has 0 spiro atoms. The molecule has 0 aliphatic rings. The maximum atomic E-state index is 11.3. The Morgan fingerprint density at radius 3 is 2.48 bits per heavy atom. The van der Waals surface area contributed by atoms with Crippen molar-refractivity contribution in [3.8, 4) is 5.75 Å². The number of aromatic nitrogens is 1. The molecule has 0 aliphatic carbocycles. The minimum atomic E-state index is 0.0901. The van der Waals surface area contributed by atoms with E-state index in [0.29, 0.717) is 0 Å². The molecule has 4 heteroatoms. The number of thioether (sulfide) groups is 1. The van der Waals surface area contributed by atoms with Crippen molar-refractivity contribution in [2.24, 2.45) is 0 Å². The number of carbonyl (C=O) groups is 1. The molecular weight excluding hydrogens is 282 g/mol. The van der Waals surface area contributed by atoms with Gasteiger partial charge in [-0.3, -0.25) is 9.78 Å². The van der Waals surface area contributed by atoms with Crippen LogP contribution in [-0.2, 0) is 5.75 Å². The molecule has 0 amide bonds. The molecule has 21 heavy (non-hydrogen) atoms. The van der Waals surface area contributed by atoms with E-state index >= 15 is 0 Å². The van der Waals surface area contributed by atoms with Crippen LogP contribution in [-0.4, -0.2) is 17.9 Å². The van der Waals surface area contributed by atoms with Crippen LogP contribution in [0.1, 0.15) is 34.1 Å². The molecule has 1 heterocycles. The number of ether oxygens (including phenoxy) is 1. The molecule has 1 aromatic heterocycles. The van der Waals surface area contributed by atoms with Crippen LogP contribution in [0.3, 0.4) is 0 Å². The zero-order valence-electron chi connectivity index (χ0n) is 12.8. The zero-order valence-corrected chi connectivity index (χ0v) is 13.6. The van der Waals surface area contributed by atoms with Crippen LogP contribution >= 0.6 is 11.8 Å². The summed E-state index contributed by atoms with van der Waals surface area (Å²) in [7, 11) is 1.69. The Labute approximate surface area is 129 Å². The number of carbonyl (C=O) groups excluding carboxylic acids is 1. The van der Waals surface area contributed by atoms with Crippen molar-refractivity contribution < 1.29 is 9.53 Å². The Hall–Kier alpha value is -1.81. The third kappa shape index (κ3) is 3.64. The van der Waals surface area contributed by atoms with E-state index in [1.165, 1.54) is 0 Å². The molecule has 0 radical (unpaired) electrons. The predicted molar refractivity (Wildman–Crippen MR) is 86.3 cm³/mol. The summed E-state index contributed by atoms with van der Waals surface area (Å²) in [6.45, 7) is 5.61. The highest BCUT2D eigenvalue weighted by atomic mass is 32.2. The first-order valence-electron chi connectivity index (χ1n) is 6.75. The van der Waals surface area contributed by atoms with Crippen LogP contribution in [0.15, 0.2) is 35.4 Å². The molecule has 1 aromatic carbocycles. The van der Waals surface area contributed by atoms with Crippen molar-refractivity contribution in [1.29, 1.82) is 0 Å². The maximum absolute atomic E-state index is 11.3. The number of methoxy groups -OCH3 is 1. The lowest BCUT2D eigenvalue weighted by Gasteiger charge is -2.12. The number of Topliss-reactive ketones (excluding diaryl/α,β-unsaturated/α-hetero) is 1. The number of ketones is 1. The number of pyridine rings is 1. The molecule has 0 aliphatic heterocycles. The Morgan fingerprint density at radius 1 is 1.24 bits per heavy atom. The Balaban J connectivity index is 2.11. The fraction of sp³-hybridized carbons (Fsp3) is 0.294. The van der Waals surface area contributed by atoms with E-state index in [-0.39, 0.29) is 5.78 Å². The molecule has 0 atom stereocenters. The fourth-order valence-electron chi connectivity index (χ4n) is 2.15. The van der Waals surface area contributed by atoms with Crippen molar-refractivity contribution in [2.75, 3.05) is 7.11 Å². The molecule has 0 saturated heterocycles. The van der Waals surface area contributed by atoms with E-state index in [1.54, 1.807) is 25.8 Å². The van der Waals surface area contributed by atoms with E-state index in [9.17, 15) is 4.79 Å². The number of benzene rings is 1. The zero-order chi connectivity index (χ0) is 15.4. The first-order chi connectivity index (χ1) is 10.0. The lowest BCUT2D eigenvalue weighted by Crippen LogP contribution is -1.98. The molecule has 0 fully saturated rings. The largest absolute Gasteiger partial charge is 0.496 e. The average molecular weight is 301 g/mol. The second kappa shape index (κ2) is 6.76. The lowest BCUT2D eigenvalue weighted by molar-refractivity contribution is 0.101. The second-order valence-corrected chi connectivity index (χ2v) is 5.96.